The lowest BCUT2D eigenvalue weighted by atomic mass is 10.1. The molecule has 0 amide bonds. The van der Waals surface area contributed by atoms with E-state index in [0.717, 1.165) is 0 Å². The molecule has 0 saturated carbocycles. The maximum Gasteiger partial charge on any atom is 0.163 e. The van der Waals surface area contributed by atoms with Crippen LogP contribution in [0.25, 0.3) is 0 Å². The van der Waals surface area contributed by atoms with Crippen molar-refractivity contribution in [2.75, 3.05) is 13.2 Å². The van der Waals surface area contributed by atoms with Crippen LogP contribution in [0.3, 0.4) is 0 Å². The Labute approximate surface area is 196 Å². The first-order chi connectivity index (χ1) is 14.3. The van der Waals surface area contributed by atoms with Crippen LogP contribution >= 0.6 is 47.6 Å². The van der Waals surface area contributed by atoms with Crippen LogP contribution in [-0.2, 0) is 9.47 Å². The van der Waals surface area contributed by atoms with Gasteiger partial charge in [0.25, 0.3) is 0 Å². The number of ketones is 2. The molecule has 0 saturated heterocycles. The second kappa shape index (κ2) is 12.7. The number of hydrogen-bond acceptors (Lipinski definition) is 6. The number of thiocarbonyl (C=S) groups is 2. The molecule has 0 aliphatic rings. The number of carbonyl (C=O) groups is 2. The van der Waals surface area contributed by atoms with Crippen LogP contribution in [0.1, 0.15) is 46.4 Å². The largest absolute Gasteiger partial charge is 0.483 e. The van der Waals surface area contributed by atoms with Crippen LogP contribution in [0.4, 0.5) is 0 Å². The zero-order valence-corrected chi connectivity index (χ0v) is 19.2. The molecule has 0 aliphatic carbocycles. The standard InChI is InChI=1S/C22H20Cl2O4S2/c23-17-5-1-15(2-6-17)19(25)9-11-21(29)27-13-14-28-22(30)12-10-20(26)16-3-7-18(24)8-4-16/h1-8H,9-14H2. The molecule has 0 spiro atoms. The van der Waals surface area contributed by atoms with Gasteiger partial charge in [-0.05, 0) is 73.0 Å². The fourth-order valence-corrected chi connectivity index (χ4v) is 3.07. The van der Waals surface area contributed by atoms with Crippen molar-refractivity contribution in [2.45, 2.75) is 25.7 Å². The van der Waals surface area contributed by atoms with E-state index in [1.54, 1.807) is 48.5 Å². The summed E-state index contributed by atoms with van der Waals surface area (Å²) in [6, 6.07) is 13.4. The molecule has 0 N–H and O–H groups in total. The molecule has 0 aromatic heterocycles. The highest BCUT2D eigenvalue weighted by atomic mass is 35.5. The Morgan fingerprint density at radius 1 is 0.633 bits per heavy atom. The molecule has 0 bridgehead atoms. The van der Waals surface area contributed by atoms with Gasteiger partial charge >= 0.3 is 0 Å². The number of Topliss-reactive ketones (excluding diaryl/α,β-unsaturated/α-hetero) is 2. The smallest absolute Gasteiger partial charge is 0.163 e. The third-order valence-electron chi connectivity index (χ3n) is 4.05. The number of ether oxygens (including phenoxy) is 2. The molecule has 2 rings (SSSR count). The molecule has 0 aliphatic heterocycles. The topological polar surface area (TPSA) is 52.6 Å². The van der Waals surface area contributed by atoms with Crippen LogP contribution in [0, 0.1) is 0 Å². The molecule has 30 heavy (non-hydrogen) atoms. The average molecular weight is 483 g/mol. The van der Waals surface area contributed by atoms with Crippen molar-refractivity contribution in [3.63, 3.8) is 0 Å². The molecule has 8 heteroatoms. The minimum absolute atomic E-state index is 0.0274. The monoisotopic (exact) mass is 482 g/mol. The Kier molecular flexibility index (Phi) is 10.4. The summed E-state index contributed by atoms with van der Waals surface area (Å²) in [6.45, 7) is 0.443. The minimum atomic E-state index is -0.0274. The van der Waals surface area contributed by atoms with Crippen molar-refractivity contribution in [2.24, 2.45) is 0 Å². The van der Waals surface area contributed by atoms with Gasteiger partial charge in [0.15, 0.2) is 21.7 Å². The van der Waals surface area contributed by atoms with E-state index < -0.39 is 0 Å². The van der Waals surface area contributed by atoms with E-state index in [1.165, 1.54) is 0 Å². The molecular weight excluding hydrogens is 463 g/mol. The van der Waals surface area contributed by atoms with Crippen molar-refractivity contribution in [3.8, 4) is 0 Å². The first-order valence-corrected chi connectivity index (χ1v) is 10.8. The van der Waals surface area contributed by atoms with Crippen LogP contribution < -0.4 is 0 Å². The van der Waals surface area contributed by atoms with Gasteiger partial charge in [0, 0.05) is 46.9 Å². The normalized spacial score (nSPS) is 10.3. The molecule has 0 atom stereocenters. The zero-order chi connectivity index (χ0) is 21.9. The van der Waals surface area contributed by atoms with Crippen LogP contribution in [0.2, 0.25) is 10.0 Å². The molecule has 4 nitrogen and oxygen atoms in total. The highest BCUT2D eigenvalue weighted by Crippen LogP contribution is 2.13. The van der Waals surface area contributed by atoms with Crippen molar-refractivity contribution in [1.82, 2.24) is 0 Å². The fraction of sp³-hybridized carbons (Fsp3) is 0.273. The van der Waals surface area contributed by atoms with Gasteiger partial charge in [-0.15, -0.1) is 0 Å². The summed E-state index contributed by atoms with van der Waals surface area (Å²) in [6.07, 6.45) is 1.20. The summed E-state index contributed by atoms with van der Waals surface area (Å²) in [5.41, 5.74) is 1.17. The molecule has 2 aromatic carbocycles. The Hall–Kier alpha value is -1.86. The quantitative estimate of drug-likeness (QED) is 0.212. The van der Waals surface area contributed by atoms with Crippen molar-refractivity contribution >= 4 is 69.3 Å². The molecule has 0 radical (unpaired) electrons. The van der Waals surface area contributed by atoms with E-state index in [0.29, 0.717) is 44.1 Å². The summed E-state index contributed by atoms with van der Waals surface area (Å²) in [4.78, 5) is 24.2. The summed E-state index contributed by atoms with van der Waals surface area (Å²) in [7, 11) is 0. The van der Waals surface area contributed by atoms with Crippen LogP contribution in [0.5, 0.6) is 0 Å². The maximum absolute atomic E-state index is 12.1. The first-order valence-electron chi connectivity index (χ1n) is 9.24. The number of halogens is 2. The van der Waals surface area contributed by atoms with E-state index in [9.17, 15) is 9.59 Å². The van der Waals surface area contributed by atoms with Crippen molar-refractivity contribution < 1.29 is 19.1 Å². The second-order valence-electron chi connectivity index (χ2n) is 6.30. The Morgan fingerprint density at radius 3 is 1.30 bits per heavy atom. The third-order valence-corrected chi connectivity index (χ3v) is 5.20. The van der Waals surface area contributed by atoms with Crippen LogP contribution in [0.15, 0.2) is 48.5 Å². The molecular formula is C22H20Cl2O4S2. The van der Waals surface area contributed by atoms with Gasteiger partial charge in [-0.1, -0.05) is 23.2 Å². The number of carbonyl (C=O) groups excluding carboxylic acids is 2. The van der Waals surface area contributed by atoms with E-state index in [1.807, 2.05) is 0 Å². The lowest BCUT2D eigenvalue weighted by Gasteiger charge is -2.10. The highest BCUT2D eigenvalue weighted by molar-refractivity contribution is 7.80. The Bertz CT molecular complexity index is 821. The predicted molar refractivity (Wildman–Crippen MR) is 127 cm³/mol. The van der Waals surface area contributed by atoms with Gasteiger partial charge in [-0.2, -0.15) is 0 Å². The maximum atomic E-state index is 12.1. The van der Waals surface area contributed by atoms with E-state index >= 15 is 0 Å². The number of hydrogen-bond donors (Lipinski definition) is 0. The summed E-state index contributed by atoms with van der Waals surface area (Å²) in [5, 5.41) is 1.84. The molecule has 158 valence electrons. The van der Waals surface area contributed by atoms with Gasteiger partial charge in [0.05, 0.1) is 0 Å². The molecule has 0 unspecified atom stereocenters. The highest BCUT2D eigenvalue weighted by Gasteiger charge is 2.10. The Balaban J connectivity index is 1.57. The molecule has 0 heterocycles. The third kappa shape index (κ3) is 8.88. The molecule has 0 fully saturated rings. The lowest BCUT2D eigenvalue weighted by molar-refractivity contribution is 0.0973. The SMILES string of the molecule is O=C(CCC(=S)OCCOC(=S)CCC(=O)c1ccc(Cl)cc1)c1ccc(Cl)cc1. The van der Waals surface area contributed by atoms with Gasteiger partial charge < -0.3 is 9.47 Å². The van der Waals surface area contributed by atoms with Gasteiger partial charge in [0.1, 0.15) is 13.2 Å². The second-order valence-corrected chi connectivity index (χ2v) is 8.08. The van der Waals surface area contributed by atoms with E-state index in [-0.39, 0.29) is 37.6 Å². The summed E-state index contributed by atoms with van der Waals surface area (Å²) >= 11 is 21.9. The zero-order valence-electron chi connectivity index (χ0n) is 16.1. The Morgan fingerprint density at radius 2 is 0.967 bits per heavy atom. The average Bonchev–Trinajstić information content (AvgIpc) is 2.74. The summed E-state index contributed by atoms with van der Waals surface area (Å²) in [5.74, 6) is -0.0548. The van der Waals surface area contributed by atoms with E-state index in [2.05, 4.69) is 0 Å². The van der Waals surface area contributed by atoms with Gasteiger partial charge in [-0.25, -0.2) is 0 Å². The van der Waals surface area contributed by atoms with Gasteiger partial charge in [0.2, 0.25) is 0 Å². The lowest BCUT2D eigenvalue weighted by Crippen LogP contribution is -2.13. The fourth-order valence-electron chi connectivity index (χ4n) is 2.45. The molecule has 2 aromatic rings. The predicted octanol–water partition coefficient (Wildman–Crippen LogP) is 6.31. The number of rotatable bonds is 11. The number of benzene rings is 2. The van der Waals surface area contributed by atoms with Crippen molar-refractivity contribution in [3.05, 3.63) is 69.7 Å². The van der Waals surface area contributed by atoms with E-state index in [4.69, 9.17) is 57.1 Å². The van der Waals surface area contributed by atoms with Gasteiger partial charge in [-0.3, -0.25) is 9.59 Å². The first kappa shape index (κ1) is 24.4. The van der Waals surface area contributed by atoms with Crippen molar-refractivity contribution in [1.29, 1.82) is 0 Å². The summed E-state index contributed by atoms with van der Waals surface area (Å²) < 4.78 is 10.8. The van der Waals surface area contributed by atoms with Crippen LogP contribution in [-0.4, -0.2) is 34.9 Å². The minimum Gasteiger partial charge on any atom is -0.483 e.